The highest BCUT2D eigenvalue weighted by Crippen LogP contribution is 2.15. The Morgan fingerprint density at radius 1 is 0.906 bits per heavy atom. The Bertz CT molecular complexity index is 1130. The predicted molar refractivity (Wildman–Crippen MR) is 126 cm³/mol. The molecule has 0 spiro atoms. The quantitative estimate of drug-likeness (QED) is 0.413. The third-order valence-corrected chi connectivity index (χ3v) is 5.07. The van der Waals surface area contributed by atoms with Gasteiger partial charge in [-0.3, -0.25) is 9.59 Å². The van der Waals surface area contributed by atoms with Crippen LogP contribution in [-0.2, 0) is 16.0 Å². The smallest absolute Gasteiger partial charge is 0.326 e. The predicted octanol–water partition coefficient (Wildman–Crippen LogP) is 4.03. The molecule has 0 radical (unpaired) electrons. The fourth-order valence-corrected chi connectivity index (χ4v) is 3.41. The van der Waals surface area contributed by atoms with Crippen LogP contribution in [0.5, 0.6) is 0 Å². The van der Waals surface area contributed by atoms with Gasteiger partial charge in [0, 0.05) is 16.5 Å². The first-order chi connectivity index (χ1) is 15.4. The molecule has 0 aliphatic rings. The standard InChI is InChI=1S/C25H21BrN2O4/c26-20-13-7-10-18(14-20)16-21(27-23(29)19-11-5-2-6-12-19)24(30)28-22(25(31)32)15-17-8-3-1-4-9-17/h1-14,16,22H,15H2,(H,27,29)(H,28,30)(H,31,32)/b21-16-/t22-/m1/s1. The Kier molecular flexibility index (Phi) is 7.94. The van der Waals surface area contributed by atoms with Crippen LogP contribution in [0.4, 0.5) is 0 Å². The molecule has 0 aromatic heterocycles. The van der Waals surface area contributed by atoms with Crippen molar-refractivity contribution in [2.45, 2.75) is 12.5 Å². The van der Waals surface area contributed by atoms with Crippen LogP contribution in [0, 0.1) is 0 Å². The molecule has 0 heterocycles. The minimum atomic E-state index is -1.17. The largest absolute Gasteiger partial charge is 0.480 e. The maximum Gasteiger partial charge on any atom is 0.326 e. The number of amides is 2. The highest BCUT2D eigenvalue weighted by Gasteiger charge is 2.23. The molecule has 3 rings (SSSR count). The van der Waals surface area contributed by atoms with Crippen LogP contribution in [-0.4, -0.2) is 28.9 Å². The van der Waals surface area contributed by atoms with Crippen LogP contribution in [0.3, 0.4) is 0 Å². The number of carbonyl (C=O) groups is 3. The van der Waals surface area contributed by atoms with Gasteiger partial charge in [-0.1, -0.05) is 76.6 Å². The minimum absolute atomic E-state index is 0.0590. The van der Waals surface area contributed by atoms with Crippen molar-refractivity contribution in [2.24, 2.45) is 0 Å². The zero-order valence-electron chi connectivity index (χ0n) is 17.0. The first-order valence-corrected chi connectivity index (χ1v) is 10.6. The second kappa shape index (κ2) is 11.1. The normalized spacial score (nSPS) is 12.0. The third-order valence-electron chi connectivity index (χ3n) is 4.57. The summed E-state index contributed by atoms with van der Waals surface area (Å²) in [5.74, 6) is -2.34. The van der Waals surface area contributed by atoms with E-state index in [0.717, 1.165) is 10.0 Å². The van der Waals surface area contributed by atoms with Crippen LogP contribution >= 0.6 is 15.9 Å². The number of hydrogen-bond donors (Lipinski definition) is 3. The second-order valence-electron chi connectivity index (χ2n) is 6.99. The maximum absolute atomic E-state index is 13.0. The maximum atomic E-state index is 13.0. The van der Waals surface area contributed by atoms with E-state index in [0.29, 0.717) is 11.1 Å². The number of hydrogen-bond acceptors (Lipinski definition) is 3. The van der Waals surface area contributed by atoms with E-state index in [9.17, 15) is 19.5 Å². The number of carbonyl (C=O) groups excluding carboxylic acids is 2. The molecule has 3 aromatic rings. The van der Waals surface area contributed by atoms with E-state index in [1.807, 2.05) is 12.1 Å². The van der Waals surface area contributed by atoms with E-state index in [2.05, 4.69) is 26.6 Å². The van der Waals surface area contributed by atoms with Crippen LogP contribution in [0.1, 0.15) is 21.5 Å². The summed E-state index contributed by atoms with van der Waals surface area (Å²) in [4.78, 5) is 37.5. The molecule has 0 aliphatic heterocycles. The van der Waals surface area contributed by atoms with Gasteiger partial charge in [-0.2, -0.15) is 0 Å². The van der Waals surface area contributed by atoms with Crippen molar-refractivity contribution in [1.82, 2.24) is 10.6 Å². The number of aliphatic carboxylic acids is 1. The second-order valence-corrected chi connectivity index (χ2v) is 7.90. The minimum Gasteiger partial charge on any atom is -0.480 e. The Morgan fingerprint density at radius 2 is 1.56 bits per heavy atom. The summed E-state index contributed by atoms with van der Waals surface area (Å²) in [5, 5.41) is 14.8. The van der Waals surface area contributed by atoms with Gasteiger partial charge >= 0.3 is 5.97 Å². The molecular weight excluding hydrogens is 472 g/mol. The van der Waals surface area contributed by atoms with Crippen molar-refractivity contribution in [3.8, 4) is 0 Å². The van der Waals surface area contributed by atoms with Crippen molar-refractivity contribution in [3.05, 3.63) is 112 Å². The van der Waals surface area contributed by atoms with E-state index in [1.54, 1.807) is 72.8 Å². The van der Waals surface area contributed by atoms with Gasteiger partial charge in [-0.15, -0.1) is 0 Å². The summed E-state index contributed by atoms with van der Waals surface area (Å²) in [6.45, 7) is 0. The number of benzene rings is 3. The van der Waals surface area contributed by atoms with E-state index < -0.39 is 23.8 Å². The number of carboxylic acids is 1. The van der Waals surface area contributed by atoms with Gasteiger partial charge in [0.25, 0.3) is 11.8 Å². The van der Waals surface area contributed by atoms with Crippen LogP contribution in [0.25, 0.3) is 6.08 Å². The molecule has 0 saturated carbocycles. The number of rotatable bonds is 8. The van der Waals surface area contributed by atoms with Gasteiger partial charge in [0.15, 0.2) is 0 Å². The lowest BCUT2D eigenvalue weighted by Gasteiger charge is -2.17. The lowest BCUT2D eigenvalue weighted by atomic mass is 10.1. The van der Waals surface area contributed by atoms with Gasteiger partial charge in [-0.05, 0) is 41.5 Å². The number of nitrogens with one attached hydrogen (secondary N) is 2. The molecule has 32 heavy (non-hydrogen) atoms. The third kappa shape index (κ3) is 6.65. The summed E-state index contributed by atoms with van der Waals surface area (Å²) in [7, 11) is 0. The summed E-state index contributed by atoms with van der Waals surface area (Å²) in [5.41, 5.74) is 1.75. The molecule has 0 fully saturated rings. The molecule has 7 heteroatoms. The average Bonchev–Trinajstić information content (AvgIpc) is 2.79. The molecular formula is C25H21BrN2O4. The SMILES string of the molecule is O=C(N[C@H](Cc1ccccc1)C(=O)O)/C(=C/c1cccc(Br)c1)NC(=O)c1ccccc1. The van der Waals surface area contributed by atoms with Crippen LogP contribution < -0.4 is 10.6 Å². The highest BCUT2D eigenvalue weighted by atomic mass is 79.9. The Morgan fingerprint density at radius 3 is 2.19 bits per heavy atom. The molecule has 3 N–H and O–H groups in total. The van der Waals surface area contributed by atoms with Crippen molar-refractivity contribution < 1.29 is 19.5 Å². The van der Waals surface area contributed by atoms with Crippen molar-refractivity contribution in [3.63, 3.8) is 0 Å². The van der Waals surface area contributed by atoms with Gasteiger partial charge in [0.2, 0.25) is 0 Å². The topological polar surface area (TPSA) is 95.5 Å². The molecule has 162 valence electrons. The fraction of sp³-hybridized carbons (Fsp3) is 0.0800. The molecule has 1 atom stereocenters. The highest BCUT2D eigenvalue weighted by molar-refractivity contribution is 9.10. The van der Waals surface area contributed by atoms with Crippen molar-refractivity contribution >= 4 is 39.8 Å². The van der Waals surface area contributed by atoms with E-state index in [-0.39, 0.29) is 12.1 Å². The summed E-state index contributed by atoms with van der Waals surface area (Å²) < 4.78 is 0.799. The summed E-state index contributed by atoms with van der Waals surface area (Å²) in [6, 6.07) is 23.5. The van der Waals surface area contributed by atoms with Gasteiger partial charge in [-0.25, -0.2) is 4.79 Å². The van der Waals surface area contributed by atoms with E-state index >= 15 is 0 Å². The monoisotopic (exact) mass is 492 g/mol. The lowest BCUT2D eigenvalue weighted by Crippen LogP contribution is -2.45. The average molecular weight is 493 g/mol. The number of halogens is 1. The van der Waals surface area contributed by atoms with E-state index in [4.69, 9.17) is 0 Å². The Balaban J connectivity index is 1.86. The Labute approximate surface area is 194 Å². The van der Waals surface area contributed by atoms with Gasteiger partial charge < -0.3 is 15.7 Å². The van der Waals surface area contributed by atoms with E-state index in [1.165, 1.54) is 6.08 Å². The van der Waals surface area contributed by atoms with Gasteiger partial charge in [0.1, 0.15) is 11.7 Å². The molecule has 3 aromatic carbocycles. The number of carboxylic acid groups (broad SMARTS) is 1. The molecule has 0 unspecified atom stereocenters. The van der Waals surface area contributed by atoms with Gasteiger partial charge in [0.05, 0.1) is 0 Å². The Hall–Kier alpha value is -3.71. The fourth-order valence-electron chi connectivity index (χ4n) is 2.99. The zero-order chi connectivity index (χ0) is 22.9. The molecule has 0 bridgehead atoms. The molecule has 0 saturated heterocycles. The first-order valence-electron chi connectivity index (χ1n) is 9.83. The van der Waals surface area contributed by atoms with Crippen LogP contribution in [0.15, 0.2) is 95.1 Å². The zero-order valence-corrected chi connectivity index (χ0v) is 18.6. The molecule has 6 nitrogen and oxygen atoms in total. The molecule has 2 amide bonds. The van der Waals surface area contributed by atoms with Crippen LogP contribution in [0.2, 0.25) is 0 Å². The first kappa shape index (κ1) is 23.0. The molecule has 0 aliphatic carbocycles. The summed E-state index contributed by atoms with van der Waals surface area (Å²) in [6.07, 6.45) is 1.61. The summed E-state index contributed by atoms with van der Waals surface area (Å²) >= 11 is 3.38. The van der Waals surface area contributed by atoms with Crippen molar-refractivity contribution in [2.75, 3.05) is 0 Å². The lowest BCUT2D eigenvalue weighted by molar-refractivity contribution is -0.141. The van der Waals surface area contributed by atoms with Crippen molar-refractivity contribution in [1.29, 1.82) is 0 Å².